The van der Waals surface area contributed by atoms with E-state index >= 15 is 0 Å². The molecule has 2 fully saturated rings. The van der Waals surface area contributed by atoms with Gasteiger partial charge in [0.15, 0.2) is 11.6 Å². The molecule has 17 nitrogen and oxygen atoms in total. The molecule has 0 saturated heterocycles. The zero-order valence-electron chi connectivity index (χ0n) is 37.4. The summed E-state index contributed by atoms with van der Waals surface area (Å²) >= 11 is 11.9. The Bertz CT molecular complexity index is 3040. The van der Waals surface area contributed by atoms with Gasteiger partial charge in [0.1, 0.15) is 10.3 Å². The molecular weight excluding hydrogens is 1260 g/mol. The molecular formula is C42H41BCl2F6N8O9S2U. The fourth-order valence-corrected chi connectivity index (χ4v) is 8.25. The topological polar surface area (TPSA) is 241 Å². The number of halogens is 8. The molecule has 2 aromatic carbocycles. The maximum atomic E-state index is 13.0. The molecule has 6 aromatic rings. The van der Waals surface area contributed by atoms with Crippen molar-refractivity contribution in [3.8, 4) is 23.4 Å². The van der Waals surface area contributed by atoms with E-state index < -0.39 is 55.1 Å². The largest absolute Gasteiger partial charge is 0.478 e. The van der Waals surface area contributed by atoms with E-state index in [0.717, 1.165) is 0 Å². The number of nitrogens with zero attached hydrogens (tertiary/aromatic N) is 6. The van der Waals surface area contributed by atoms with E-state index in [2.05, 4.69) is 28.5 Å². The van der Waals surface area contributed by atoms with Gasteiger partial charge in [-0.3, -0.25) is 4.79 Å². The summed E-state index contributed by atoms with van der Waals surface area (Å²) in [5.41, 5.74) is -3.59. The van der Waals surface area contributed by atoms with Crippen molar-refractivity contribution in [1.29, 1.82) is 1.34 Å². The van der Waals surface area contributed by atoms with Gasteiger partial charge in [0.05, 0.1) is 45.0 Å². The summed E-state index contributed by atoms with van der Waals surface area (Å²) < 4.78 is 144. The number of amides is 1. The number of carboxylic acids is 1. The molecule has 2 aliphatic rings. The molecule has 2 radical (unpaired) electrons. The van der Waals surface area contributed by atoms with Gasteiger partial charge in [-0.1, -0.05) is 59.6 Å². The summed E-state index contributed by atoms with van der Waals surface area (Å²) in [4.78, 5) is 31.4. The first-order valence-corrected chi connectivity index (χ1v) is 23.9. The third-order valence-electron chi connectivity index (χ3n) is 10.7. The standard InChI is InChI=1S/C21H18ClF3N4O4S.C15H13ClF3N3O3.C6H7NO2S.BH.U.H2/c22-18-15(19(30)28-34(31,32)14-4-2-1-3-5-14)6-7-16(26-18)29-12-8-17(27-29)33-13-11-20(9-10-20)21(23,24)25;16-12-9(13(23)24)1-2-10(20-12)22-7-3-11(21-22)25-8-6-14(4-5-14)15(17,18)19;7-10(8,9)6-4-2-1-3-5-6;;;/h1-8,12H,9-11,13H2,(H,28,30);1-3,7H,4-6,8H2,(H,23,24);1-5H,(H2,7,8,9);1H;;1H/i;;;1D;;. The van der Waals surface area contributed by atoms with Crippen LogP contribution in [0.15, 0.2) is 119 Å². The number of pyridine rings is 2. The number of carboxylic acid groups (broad SMARTS) is 1. The number of benzene rings is 2. The Morgan fingerprint density at radius 1 is 0.704 bits per heavy atom. The van der Waals surface area contributed by atoms with Crippen molar-refractivity contribution >= 4 is 63.5 Å². The first-order valence-electron chi connectivity index (χ1n) is 20.7. The molecule has 0 unspecified atom stereocenters. The van der Waals surface area contributed by atoms with Crippen LogP contribution in [0.25, 0.3) is 11.6 Å². The number of sulfonamides is 2. The minimum atomic E-state index is -4.25. The predicted molar refractivity (Wildman–Crippen MR) is 244 cm³/mol. The van der Waals surface area contributed by atoms with Crippen molar-refractivity contribution in [2.24, 2.45) is 16.0 Å². The molecule has 0 spiro atoms. The van der Waals surface area contributed by atoms with Crippen LogP contribution >= 0.6 is 23.2 Å². The van der Waals surface area contributed by atoms with E-state index in [-0.39, 0.29) is 139 Å². The zero-order valence-corrected chi connectivity index (χ0v) is 43.7. The summed E-state index contributed by atoms with van der Waals surface area (Å²) in [5.74, 6) is -1.46. The fourth-order valence-electron chi connectivity index (χ4n) is 6.26. The summed E-state index contributed by atoms with van der Waals surface area (Å²) in [6, 6.07) is 23.5. The second-order valence-electron chi connectivity index (χ2n) is 15.4. The van der Waals surface area contributed by atoms with Crippen LogP contribution in [0.1, 0.15) is 60.7 Å². The van der Waals surface area contributed by atoms with Crippen LogP contribution in [0.3, 0.4) is 0 Å². The minimum absolute atomic E-state index is 0. The van der Waals surface area contributed by atoms with Crippen LogP contribution in [0, 0.1) is 41.9 Å². The van der Waals surface area contributed by atoms with Gasteiger partial charge in [0.2, 0.25) is 21.8 Å². The molecule has 8 rings (SSSR count). The number of nitrogens with one attached hydrogen (secondary N) is 1. The third-order valence-corrected chi connectivity index (χ3v) is 13.5. The van der Waals surface area contributed by atoms with Crippen LogP contribution in [0.2, 0.25) is 10.3 Å². The van der Waals surface area contributed by atoms with Crippen molar-refractivity contribution in [3.63, 3.8) is 0 Å². The van der Waals surface area contributed by atoms with Gasteiger partial charge in [-0.25, -0.2) is 50.8 Å². The van der Waals surface area contributed by atoms with Crippen LogP contribution in [-0.2, 0) is 20.0 Å². The maximum absolute atomic E-state index is 13.0. The van der Waals surface area contributed by atoms with E-state index in [1.807, 2.05) is 4.72 Å². The molecule has 71 heavy (non-hydrogen) atoms. The molecule has 2 aliphatic carbocycles. The van der Waals surface area contributed by atoms with E-state index in [1.165, 1.54) is 94.6 Å². The number of carbonyl (C=O) groups excluding carboxylic acids is 1. The van der Waals surface area contributed by atoms with Crippen molar-refractivity contribution in [2.75, 3.05) is 13.2 Å². The Balaban J connectivity index is 0.000000316. The first-order chi connectivity index (χ1) is 33.3. The SMILES string of the molecule is NS(=O)(=O)c1ccccc1.O=C(NS(=O)(=O)c1ccccc1)c1ccc(-n2ccc(OCCC3(C(F)(F)F)CC3)n2)nc1Cl.O=C(O)c1ccc(-n2ccc(OCCC3(C(F)(F)F)CC3)n2)nc1Cl.[2H][B].[HH].[U]. The van der Waals surface area contributed by atoms with Gasteiger partial charge in [0, 0.05) is 65.4 Å². The second kappa shape index (κ2) is 23.6. The second-order valence-corrected chi connectivity index (χ2v) is 19.3. The maximum Gasteiger partial charge on any atom is 0.394 e. The molecule has 1 amide bonds. The molecule has 4 N–H and O–H groups in total. The van der Waals surface area contributed by atoms with Gasteiger partial charge < -0.3 is 14.6 Å². The monoisotopic (exact) mass is 1300 g/mol. The van der Waals surface area contributed by atoms with Crippen LogP contribution in [0.4, 0.5) is 26.3 Å². The van der Waals surface area contributed by atoms with E-state index in [0.29, 0.717) is 0 Å². The molecule has 2 saturated carbocycles. The normalized spacial score (nSPS) is 14.5. The Hall–Kier alpha value is -5.16. The smallest absolute Gasteiger partial charge is 0.394 e. The molecule has 0 bridgehead atoms. The van der Waals surface area contributed by atoms with E-state index in [4.69, 9.17) is 44.3 Å². The van der Waals surface area contributed by atoms with E-state index in [9.17, 15) is 52.8 Å². The predicted octanol–water partition coefficient (Wildman–Crippen LogP) is 7.81. The average molecular weight is 1300 g/mol. The molecule has 378 valence electrons. The Morgan fingerprint density at radius 2 is 1.10 bits per heavy atom. The number of nitrogens with two attached hydrogens (primary N) is 1. The molecule has 29 heteroatoms. The number of primary sulfonamides is 1. The number of hydrogen-bond acceptors (Lipinski definition) is 12. The Morgan fingerprint density at radius 3 is 1.44 bits per heavy atom. The quantitative estimate of drug-likeness (QED) is 0.0506. The van der Waals surface area contributed by atoms with Crippen LogP contribution < -0.4 is 19.3 Å². The van der Waals surface area contributed by atoms with Crippen LogP contribution in [0.5, 0.6) is 11.8 Å². The van der Waals surface area contributed by atoms with Crippen LogP contribution in [-0.4, -0.2) is 98.6 Å². The number of rotatable bonds is 15. The Kier molecular flexibility index (Phi) is 18.9. The van der Waals surface area contributed by atoms with Gasteiger partial charge in [-0.15, -0.1) is 10.2 Å². The summed E-state index contributed by atoms with van der Waals surface area (Å²) in [5, 5.41) is 21.4. The number of ether oxygens (including phenoxy) is 2. The van der Waals surface area contributed by atoms with Gasteiger partial charge in [-0.2, -0.15) is 26.3 Å². The summed E-state index contributed by atoms with van der Waals surface area (Å²) in [6.07, 6.45) is -5.29. The van der Waals surface area contributed by atoms with E-state index in [1.54, 1.807) is 24.3 Å². The number of aromatic nitrogens is 6. The fraction of sp³-hybridized carbons (Fsp3) is 0.286. The number of aromatic carboxylic acids is 1. The number of hydrogen-bond donors (Lipinski definition) is 3. The molecule has 4 heterocycles. The van der Waals surface area contributed by atoms with Gasteiger partial charge in [0.25, 0.3) is 15.9 Å². The van der Waals surface area contributed by atoms with Crippen molar-refractivity contribution in [2.45, 2.75) is 60.7 Å². The summed E-state index contributed by atoms with van der Waals surface area (Å²) in [6.45, 7) is -0.234. The summed E-state index contributed by atoms with van der Waals surface area (Å²) in [7, 11) is -3.85. The molecule has 0 aliphatic heterocycles. The molecule has 4 aromatic heterocycles. The first kappa shape index (κ1) is 56.7. The average Bonchev–Trinajstić information content (AvgIpc) is 4.20. The number of alkyl halides is 6. The van der Waals surface area contributed by atoms with Gasteiger partial charge in [-0.05, 0) is 88.4 Å². The molecule has 0 atom stereocenters. The van der Waals surface area contributed by atoms with Crippen molar-refractivity contribution < 1.29 is 99.9 Å². The third kappa shape index (κ3) is 15.2. The van der Waals surface area contributed by atoms with Crippen molar-refractivity contribution in [1.82, 2.24) is 34.3 Å². The minimum Gasteiger partial charge on any atom is -0.478 e. The van der Waals surface area contributed by atoms with Crippen molar-refractivity contribution in [3.05, 3.63) is 131 Å². The zero-order chi connectivity index (χ0) is 52.4. The Labute approximate surface area is 440 Å². The van der Waals surface area contributed by atoms with Gasteiger partial charge >= 0.3 is 18.3 Å². The number of carbonyl (C=O) groups is 2.